The molecule has 136 valence electrons. The number of amides is 1. The zero-order chi connectivity index (χ0) is 16.9. The summed E-state index contributed by atoms with van der Waals surface area (Å²) < 4.78 is 2.77. The minimum Gasteiger partial charge on any atom is -0.339 e. The topological polar surface area (TPSA) is 50.2 Å². The van der Waals surface area contributed by atoms with Gasteiger partial charge in [0.05, 0.1) is 17.4 Å². The maximum atomic E-state index is 12.7. The van der Waals surface area contributed by atoms with E-state index in [1.54, 1.807) is 10.9 Å². The molecule has 0 saturated carbocycles. The van der Waals surface area contributed by atoms with Crippen molar-refractivity contribution in [2.24, 2.45) is 5.92 Å². The molecule has 1 aromatic heterocycles. The molecule has 1 aliphatic rings. The minimum absolute atomic E-state index is 0. The van der Waals surface area contributed by atoms with Crippen LogP contribution in [0.4, 0.5) is 0 Å². The average molecular weight is 428 g/mol. The van der Waals surface area contributed by atoms with Crippen molar-refractivity contribution in [3.63, 3.8) is 0 Å². The molecule has 2 aromatic rings. The first-order valence-corrected chi connectivity index (χ1v) is 9.21. The third kappa shape index (κ3) is 5.06. The second-order valence-corrected chi connectivity index (χ2v) is 7.19. The van der Waals surface area contributed by atoms with Crippen LogP contribution in [-0.4, -0.2) is 47.3 Å². The number of hydrogen-bond acceptors (Lipinski definition) is 3. The van der Waals surface area contributed by atoms with Gasteiger partial charge in [0, 0.05) is 23.8 Å². The van der Waals surface area contributed by atoms with Gasteiger partial charge >= 0.3 is 0 Å². The Hall–Kier alpha value is -1.37. The second-order valence-electron chi connectivity index (χ2n) is 6.28. The summed E-state index contributed by atoms with van der Waals surface area (Å²) in [6.07, 6.45) is 6.86. The molecule has 0 aliphatic carbocycles. The Balaban J connectivity index is 0.00000225. The molecular formula is C18H24BrClN4O. The molecule has 0 bridgehead atoms. The number of hydrogen-bond donors (Lipinski definition) is 1. The SMILES string of the molecule is CNCCC1CCN(C(=O)c2cnn(-c3ccc(Br)cc3)c2)CC1.Cl. The van der Waals surface area contributed by atoms with Crippen molar-refractivity contribution < 1.29 is 4.79 Å². The number of benzene rings is 1. The van der Waals surface area contributed by atoms with Crippen LogP contribution in [-0.2, 0) is 0 Å². The number of carbonyl (C=O) groups is 1. The third-order valence-electron chi connectivity index (χ3n) is 4.63. The van der Waals surface area contributed by atoms with E-state index >= 15 is 0 Å². The number of rotatable bonds is 5. The Labute approximate surface area is 163 Å². The predicted octanol–water partition coefficient (Wildman–Crippen LogP) is 3.52. The first-order valence-electron chi connectivity index (χ1n) is 8.42. The Morgan fingerprint density at radius 2 is 1.96 bits per heavy atom. The van der Waals surface area contributed by atoms with Crippen molar-refractivity contribution in [1.82, 2.24) is 20.0 Å². The molecule has 25 heavy (non-hydrogen) atoms. The highest BCUT2D eigenvalue weighted by atomic mass is 79.9. The highest BCUT2D eigenvalue weighted by Crippen LogP contribution is 2.22. The summed E-state index contributed by atoms with van der Waals surface area (Å²) in [6.45, 7) is 2.74. The van der Waals surface area contributed by atoms with E-state index in [-0.39, 0.29) is 18.3 Å². The van der Waals surface area contributed by atoms with Gasteiger partial charge in [0.15, 0.2) is 0 Å². The maximum absolute atomic E-state index is 12.7. The zero-order valence-corrected chi connectivity index (χ0v) is 16.7. The van der Waals surface area contributed by atoms with Crippen molar-refractivity contribution in [2.45, 2.75) is 19.3 Å². The molecule has 1 N–H and O–H groups in total. The van der Waals surface area contributed by atoms with Crippen LogP contribution in [0.15, 0.2) is 41.1 Å². The number of likely N-dealkylation sites (tertiary alicyclic amines) is 1. The molecule has 1 aromatic carbocycles. The van der Waals surface area contributed by atoms with E-state index in [0.717, 1.165) is 48.6 Å². The van der Waals surface area contributed by atoms with Gasteiger partial charge in [0.2, 0.25) is 0 Å². The van der Waals surface area contributed by atoms with Crippen molar-refractivity contribution in [3.8, 4) is 5.69 Å². The molecule has 2 heterocycles. The van der Waals surface area contributed by atoms with Crippen LogP contribution in [0.2, 0.25) is 0 Å². The molecule has 5 nitrogen and oxygen atoms in total. The second kappa shape index (κ2) is 9.36. The van der Waals surface area contributed by atoms with Gasteiger partial charge in [-0.2, -0.15) is 5.10 Å². The van der Waals surface area contributed by atoms with E-state index in [9.17, 15) is 4.79 Å². The number of aromatic nitrogens is 2. The average Bonchev–Trinajstić information content (AvgIpc) is 3.10. The van der Waals surface area contributed by atoms with E-state index in [2.05, 4.69) is 26.3 Å². The van der Waals surface area contributed by atoms with Gasteiger partial charge in [-0.25, -0.2) is 4.68 Å². The van der Waals surface area contributed by atoms with E-state index in [1.807, 2.05) is 42.4 Å². The van der Waals surface area contributed by atoms with Crippen LogP contribution in [0.1, 0.15) is 29.6 Å². The van der Waals surface area contributed by atoms with Crippen LogP contribution in [0.25, 0.3) is 5.69 Å². The predicted molar refractivity (Wildman–Crippen MR) is 106 cm³/mol. The summed E-state index contributed by atoms with van der Waals surface area (Å²) in [7, 11) is 1.99. The summed E-state index contributed by atoms with van der Waals surface area (Å²) in [4.78, 5) is 14.6. The monoisotopic (exact) mass is 426 g/mol. The van der Waals surface area contributed by atoms with Gasteiger partial charge < -0.3 is 10.2 Å². The van der Waals surface area contributed by atoms with Gasteiger partial charge in [-0.3, -0.25) is 4.79 Å². The number of carbonyl (C=O) groups excluding carboxylic acids is 1. The smallest absolute Gasteiger partial charge is 0.257 e. The maximum Gasteiger partial charge on any atom is 0.257 e. The third-order valence-corrected chi connectivity index (χ3v) is 5.15. The molecular weight excluding hydrogens is 404 g/mol. The molecule has 1 aliphatic heterocycles. The number of nitrogens with zero attached hydrogens (tertiary/aromatic N) is 3. The van der Waals surface area contributed by atoms with E-state index in [4.69, 9.17) is 0 Å². The summed E-state index contributed by atoms with van der Waals surface area (Å²) >= 11 is 3.42. The normalized spacial score (nSPS) is 15.0. The van der Waals surface area contributed by atoms with Crippen LogP contribution in [0.5, 0.6) is 0 Å². The molecule has 1 fully saturated rings. The first-order chi connectivity index (χ1) is 11.7. The highest BCUT2D eigenvalue weighted by molar-refractivity contribution is 9.10. The largest absolute Gasteiger partial charge is 0.339 e. The van der Waals surface area contributed by atoms with Crippen molar-refractivity contribution in [3.05, 3.63) is 46.7 Å². The summed E-state index contributed by atoms with van der Waals surface area (Å²) in [5.74, 6) is 0.817. The molecule has 7 heteroatoms. The lowest BCUT2D eigenvalue weighted by atomic mass is 9.93. The standard InChI is InChI=1S/C18H23BrN4O.ClH/c1-20-9-6-14-7-10-22(11-8-14)18(24)15-12-21-23(13-15)17-4-2-16(19)3-5-17;/h2-5,12-14,20H,6-11H2,1H3;1H. The quantitative estimate of drug-likeness (QED) is 0.794. The van der Waals surface area contributed by atoms with E-state index < -0.39 is 0 Å². The van der Waals surface area contributed by atoms with Gasteiger partial charge in [0.25, 0.3) is 5.91 Å². The minimum atomic E-state index is 0. The lowest BCUT2D eigenvalue weighted by Crippen LogP contribution is -2.38. The fourth-order valence-electron chi connectivity index (χ4n) is 3.12. The fraction of sp³-hybridized carbons (Fsp3) is 0.444. The van der Waals surface area contributed by atoms with Gasteiger partial charge in [0.1, 0.15) is 0 Å². The molecule has 3 rings (SSSR count). The molecule has 0 atom stereocenters. The van der Waals surface area contributed by atoms with Crippen LogP contribution in [0, 0.1) is 5.92 Å². The van der Waals surface area contributed by atoms with Crippen molar-refractivity contribution in [1.29, 1.82) is 0 Å². The number of halogens is 2. The highest BCUT2D eigenvalue weighted by Gasteiger charge is 2.24. The van der Waals surface area contributed by atoms with Crippen LogP contribution >= 0.6 is 28.3 Å². The number of piperidine rings is 1. The van der Waals surface area contributed by atoms with E-state index in [1.165, 1.54) is 6.42 Å². The van der Waals surface area contributed by atoms with Gasteiger partial charge in [-0.05, 0) is 63.0 Å². The van der Waals surface area contributed by atoms with Crippen LogP contribution < -0.4 is 5.32 Å². The zero-order valence-electron chi connectivity index (χ0n) is 14.3. The Bertz CT molecular complexity index is 681. The lowest BCUT2D eigenvalue weighted by molar-refractivity contribution is 0.0687. The van der Waals surface area contributed by atoms with Gasteiger partial charge in [-0.15, -0.1) is 12.4 Å². The van der Waals surface area contributed by atoms with E-state index in [0.29, 0.717) is 5.56 Å². The molecule has 0 unspecified atom stereocenters. The van der Waals surface area contributed by atoms with Crippen LogP contribution in [0.3, 0.4) is 0 Å². The summed E-state index contributed by atoms with van der Waals surface area (Å²) in [5, 5.41) is 7.54. The Morgan fingerprint density at radius 1 is 1.28 bits per heavy atom. The summed E-state index contributed by atoms with van der Waals surface area (Å²) in [6, 6.07) is 7.88. The van der Waals surface area contributed by atoms with Gasteiger partial charge in [-0.1, -0.05) is 15.9 Å². The van der Waals surface area contributed by atoms with Crippen molar-refractivity contribution in [2.75, 3.05) is 26.7 Å². The number of nitrogens with one attached hydrogen (secondary N) is 1. The Kier molecular flexibility index (Phi) is 7.47. The molecule has 0 spiro atoms. The molecule has 1 amide bonds. The molecule has 1 saturated heterocycles. The Morgan fingerprint density at radius 3 is 2.60 bits per heavy atom. The fourth-order valence-corrected chi connectivity index (χ4v) is 3.39. The lowest BCUT2D eigenvalue weighted by Gasteiger charge is -2.31. The van der Waals surface area contributed by atoms with Crippen molar-refractivity contribution >= 4 is 34.2 Å². The molecule has 0 radical (unpaired) electrons. The summed E-state index contributed by atoms with van der Waals surface area (Å²) in [5.41, 5.74) is 1.61. The first kappa shape index (κ1) is 19.9.